The second-order valence-electron chi connectivity index (χ2n) is 9.22. The first-order valence-electron chi connectivity index (χ1n) is 11.5. The van der Waals surface area contributed by atoms with Crippen LogP contribution in [0.25, 0.3) is 5.57 Å². The molecular weight excluding hydrogens is 398 g/mol. The first kappa shape index (κ1) is 20.0. The highest BCUT2D eigenvalue weighted by molar-refractivity contribution is 7.98. The quantitative estimate of drug-likeness (QED) is 0.560. The monoisotopic (exact) mass is 431 g/mol. The van der Waals surface area contributed by atoms with Gasteiger partial charge in [0.25, 0.3) is 0 Å². The molecule has 1 N–H and O–H groups in total. The van der Waals surface area contributed by atoms with Crippen molar-refractivity contribution in [2.24, 2.45) is 11.8 Å². The molecule has 1 saturated heterocycles. The van der Waals surface area contributed by atoms with Crippen molar-refractivity contribution in [3.05, 3.63) is 21.9 Å². The van der Waals surface area contributed by atoms with Crippen molar-refractivity contribution in [3.63, 3.8) is 0 Å². The number of anilines is 1. The Morgan fingerprint density at radius 2 is 1.86 bits per heavy atom. The largest absolute Gasteiger partial charge is 0.381 e. The SMILES string of the molecule is CC1CCC(C2=S=C(O)c3sc(C4=CCCCC4)cc3N2C2CCOCC2)CC1. The first-order valence-corrected chi connectivity index (χ1v) is 13.1. The molecule has 3 nitrogen and oxygen atoms in total. The topological polar surface area (TPSA) is 32.7 Å². The van der Waals surface area contributed by atoms with Crippen LogP contribution in [0.15, 0.2) is 12.1 Å². The van der Waals surface area contributed by atoms with Gasteiger partial charge in [0.05, 0.1) is 15.6 Å². The van der Waals surface area contributed by atoms with Gasteiger partial charge in [-0.2, -0.15) is 0 Å². The van der Waals surface area contributed by atoms with Crippen LogP contribution in [0.3, 0.4) is 0 Å². The van der Waals surface area contributed by atoms with Crippen LogP contribution in [0.4, 0.5) is 5.69 Å². The van der Waals surface area contributed by atoms with E-state index in [1.807, 2.05) is 0 Å². The van der Waals surface area contributed by atoms with Gasteiger partial charge in [0.2, 0.25) is 0 Å². The fourth-order valence-corrected chi connectivity index (χ4v) is 7.80. The molecule has 3 heterocycles. The van der Waals surface area contributed by atoms with Crippen molar-refractivity contribution in [1.82, 2.24) is 0 Å². The molecule has 0 atom stereocenters. The predicted molar refractivity (Wildman–Crippen MR) is 128 cm³/mol. The summed E-state index contributed by atoms with van der Waals surface area (Å²) in [6.45, 7) is 4.10. The number of ether oxygens (including phenoxy) is 1. The van der Waals surface area contributed by atoms with Crippen LogP contribution in [0.5, 0.6) is 0 Å². The van der Waals surface area contributed by atoms with E-state index in [4.69, 9.17) is 4.74 Å². The Kier molecular flexibility index (Phi) is 6.01. The van der Waals surface area contributed by atoms with E-state index >= 15 is 0 Å². The lowest BCUT2D eigenvalue weighted by atomic mass is 9.82. The number of allylic oxidation sites excluding steroid dienone is 2. The van der Waals surface area contributed by atoms with Crippen molar-refractivity contribution < 1.29 is 9.84 Å². The number of aliphatic hydroxyl groups excluding tert-OH is 1. The summed E-state index contributed by atoms with van der Waals surface area (Å²) < 4.78 is 5.69. The van der Waals surface area contributed by atoms with E-state index in [1.165, 1.54) is 72.5 Å². The van der Waals surface area contributed by atoms with Crippen LogP contribution in [0.2, 0.25) is 0 Å². The Labute approximate surface area is 182 Å². The van der Waals surface area contributed by atoms with Gasteiger partial charge in [-0.15, -0.1) is 11.3 Å². The van der Waals surface area contributed by atoms with Crippen LogP contribution in [0.1, 0.15) is 80.9 Å². The summed E-state index contributed by atoms with van der Waals surface area (Å²) in [6.07, 6.45) is 14.7. The zero-order valence-corrected chi connectivity index (χ0v) is 19.1. The number of aliphatic hydroxyl groups is 1. The molecule has 0 radical (unpaired) electrons. The van der Waals surface area contributed by atoms with Crippen molar-refractivity contribution in [3.8, 4) is 0 Å². The van der Waals surface area contributed by atoms with Gasteiger partial charge in [-0.3, -0.25) is 0 Å². The Hall–Kier alpha value is -0.880. The van der Waals surface area contributed by atoms with Gasteiger partial charge in [-0.05, 0) is 68.9 Å². The molecule has 158 valence electrons. The Morgan fingerprint density at radius 1 is 1.07 bits per heavy atom. The molecule has 5 heteroatoms. The summed E-state index contributed by atoms with van der Waals surface area (Å²) in [5.74, 6) is 1.43. The number of nitrogens with zero attached hydrogens (tertiary/aromatic N) is 1. The minimum Gasteiger partial charge on any atom is -0.381 e. The predicted octanol–water partition coefficient (Wildman–Crippen LogP) is 6.43. The van der Waals surface area contributed by atoms with E-state index in [0.717, 1.165) is 36.9 Å². The summed E-state index contributed by atoms with van der Waals surface area (Å²) in [4.78, 5) is 6.52. The molecule has 1 aromatic heterocycles. The van der Waals surface area contributed by atoms with Crippen molar-refractivity contribution in [2.75, 3.05) is 18.1 Å². The first-order chi connectivity index (χ1) is 14.2. The number of rotatable bonds is 3. The minimum absolute atomic E-state index is 0.500. The maximum Gasteiger partial charge on any atom is 0.147 e. The van der Waals surface area contributed by atoms with Crippen LogP contribution in [-0.4, -0.2) is 34.4 Å². The molecular formula is C24H33NO2S2. The lowest BCUT2D eigenvalue weighted by molar-refractivity contribution is 0.0869. The van der Waals surface area contributed by atoms with Crippen LogP contribution in [0, 0.1) is 11.8 Å². The average molecular weight is 432 g/mol. The summed E-state index contributed by atoms with van der Waals surface area (Å²) in [5.41, 5.74) is 2.77. The molecule has 0 spiro atoms. The maximum atomic E-state index is 11.0. The molecule has 29 heavy (non-hydrogen) atoms. The molecule has 1 saturated carbocycles. The molecule has 5 rings (SSSR count). The number of thiophene rings is 1. The van der Waals surface area contributed by atoms with Gasteiger partial charge >= 0.3 is 0 Å². The molecule has 0 unspecified atom stereocenters. The van der Waals surface area contributed by atoms with E-state index < -0.39 is 0 Å². The van der Waals surface area contributed by atoms with Crippen molar-refractivity contribution in [2.45, 2.75) is 77.2 Å². The summed E-state index contributed by atoms with van der Waals surface area (Å²) in [6, 6.07) is 2.90. The summed E-state index contributed by atoms with van der Waals surface area (Å²) in [5, 5.41) is 11.6. The molecule has 2 fully saturated rings. The van der Waals surface area contributed by atoms with Crippen molar-refractivity contribution in [1.29, 1.82) is 0 Å². The van der Waals surface area contributed by atoms with Crippen molar-refractivity contribution >= 4 is 43.6 Å². The van der Waals surface area contributed by atoms with Gasteiger partial charge < -0.3 is 14.7 Å². The highest BCUT2D eigenvalue weighted by Crippen LogP contribution is 2.43. The molecule has 0 bridgehead atoms. The van der Waals surface area contributed by atoms with Crippen LogP contribution in [-0.2, 0) is 4.74 Å². The molecule has 0 aromatic carbocycles. The van der Waals surface area contributed by atoms with Gasteiger partial charge in [0, 0.05) is 30.1 Å². The number of hydrogen-bond acceptors (Lipinski definition) is 3. The van der Waals surface area contributed by atoms with Gasteiger partial charge in [0.1, 0.15) is 5.05 Å². The average Bonchev–Trinajstić information content (AvgIpc) is 3.21. The van der Waals surface area contributed by atoms with E-state index in [9.17, 15) is 5.11 Å². The van der Waals surface area contributed by atoms with E-state index in [1.54, 1.807) is 22.3 Å². The second-order valence-corrected chi connectivity index (χ2v) is 11.3. The minimum atomic E-state index is 0.500. The fraction of sp³-hybridized carbons (Fsp3) is 0.667. The second kappa shape index (κ2) is 8.70. The lowest BCUT2D eigenvalue weighted by Gasteiger charge is -2.41. The normalized spacial score (nSPS) is 28.8. The lowest BCUT2D eigenvalue weighted by Crippen LogP contribution is -2.47. The van der Waals surface area contributed by atoms with E-state index in [0.29, 0.717) is 17.0 Å². The Balaban J connectivity index is 1.54. The molecule has 4 aliphatic rings. The smallest absolute Gasteiger partial charge is 0.147 e. The standard InChI is InChI=1S/C24H33NO2S2/c1-16-7-9-18(10-8-16)23-25(19-11-13-27-14-12-19)20-15-21(17-5-3-2-4-6-17)28-22(20)24(26)29-23/h5,15-16,18-19,26H,2-4,6-14H2,1H3. The molecule has 2 aliphatic heterocycles. The third-order valence-corrected chi connectivity index (χ3v) is 9.61. The number of hydrogen-bond donors (Lipinski definition) is 1. The molecule has 0 amide bonds. The fourth-order valence-electron chi connectivity index (χ4n) is 5.35. The molecule has 2 aliphatic carbocycles. The number of fused-ring (bicyclic) bond motifs is 1. The maximum absolute atomic E-state index is 11.0. The van der Waals surface area contributed by atoms with Crippen LogP contribution < -0.4 is 4.90 Å². The van der Waals surface area contributed by atoms with Gasteiger partial charge in [0.15, 0.2) is 0 Å². The highest BCUT2D eigenvalue weighted by Gasteiger charge is 2.36. The highest BCUT2D eigenvalue weighted by atomic mass is 32.1. The third kappa shape index (κ3) is 4.04. The van der Waals surface area contributed by atoms with E-state index in [-0.39, 0.29) is 0 Å². The Morgan fingerprint density at radius 3 is 2.59 bits per heavy atom. The van der Waals surface area contributed by atoms with Crippen LogP contribution >= 0.6 is 22.3 Å². The van der Waals surface area contributed by atoms with Gasteiger partial charge in [-0.1, -0.05) is 36.8 Å². The molecule has 1 aromatic rings. The van der Waals surface area contributed by atoms with Gasteiger partial charge in [-0.25, -0.2) is 0 Å². The summed E-state index contributed by atoms with van der Waals surface area (Å²) in [7, 11) is 1.66. The Bertz CT molecular complexity index is 850. The zero-order valence-electron chi connectivity index (χ0n) is 17.5. The zero-order chi connectivity index (χ0) is 19.8. The summed E-state index contributed by atoms with van der Waals surface area (Å²) >= 11 is 1.80. The third-order valence-electron chi connectivity index (χ3n) is 7.13. The van der Waals surface area contributed by atoms with E-state index in [2.05, 4.69) is 24.0 Å².